The number of hydrogen-bond donors (Lipinski definition) is 2. The Bertz CT molecular complexity index is 187. The molecule has 0 aromatic carbocycles. The van der Waals surface area contributed by atoms with Crippen LogP contribution in [0.25, 0.3) is 0 Å². The molecule has 0 aromatic rings. The molecule has 1 aliphatic carbocycles. The van der Waals surface area contributed by atoms with Crippen molar-refractivity contribution in [2.24, 2.45) is 5.73 Å². The minimum Gasteiger partial charge on any atom is -0.328 e. The molecular formula is C7H17NO3S. The topological polar surface area (TPSA) is 80.4 Å². The minimum absolute atomic E-state index is 0.536. The van der Waals surface area contributed by atoms with Crippen molar-refractivity contribution >= 4 is 10.1 Å². The van der Waals surface area contributed by atoms with Crippen LogP contribution in [0.3, 0.4) is 0 Å². The molecule has 0 saturated heterocycles. The lowest BCUT2D eigenvalue weighted by Gasteiger charge is -2.15. The molecule has 0 bridgehead atoms. The summed E-state index contributed by atoms with van der Waals surface area (Å²) in [7, 11) is -3.67. The molecule has 0 heterocycles. The maximum Gasteiger partial charge on any atom is 0.261 e. The van der Waals surface area contributed by atoms with Gasteiger partial charge in [0.15, 0.2) is 0 Å². The average molecular weight is 195 g/mol. The highest BCUT2D eigenvalue weighted by atomic mass is 32.2. The molecule has 1 saturated carbocycles. The summed E-state index contributed by atoms with van der Waals surface area (Å²) in [4.78, 5) is 0. The predicted octanol–water partition coefficient (Wildman–Crippen LogP) is 0.782. The van der Waals surface area contributed by atoms with Crippen molar-refractivity contribution in [3.05, 3.63) is 0 Å². The lowest BCUT2D eigenvalue weighted by molar-refractivity contribution is 0.441. The minimum atomic E-state index is -3.67. The van der Waals surface area contributed by atoms with E-state index in [-0.39, 0.29) is 0 Å². The van der Waals surface area contributed by atoms with E-state index in [0.717, 1.165) is 0 Å². The van der Waals surface area contributed by atoms with Crippen molar-refractivity contribution < 1.29 is 13.0 Å². The largest absolute Gasteiger partial charge is 0.328 e. The van der Waals surface area contributed by atoms with Gasteiger partial charge in [-0.25, -0.2) is 0 Å². The van der Waals surface area contributed by atoms with E-state index in [9.17, 15) is 8.42 Å². The van der Waals surface area contributed by atoms with Gasteiger partial charge in [-0.05, 0) is 12.8 Å². The summed E-state index contributed by atoms with van der Waals surface area (Å²) in [5.74, 6) is 0. The second kappa shape index (κ2) is 5.50. The summed E-state index contributed by atoms with van der Waals surface area (Å²) in [5.41, 5.74) is 5.63. The summed E-state index contributed by atoms with van der Waals surface area (Å²) in [6.07, 6.45) is 7.38. The molecular weight excluding hydrogens is 178 g/mol. The van der Waals surface area contributed by atoms with E-state index >= 15 is 0 Å². The molecule has 1 fully saturated rings. The number of hydrogen-bond acceptors (Lipinski definition) is 3. The molecule has 1 aliphatic rings. The Morgan fingerprint density at radius 1 is 1.25 bits per heavy atom. The average Bonchev–Trinajstić information content (AvgIpc) is 1.85. The van der Waals surface area contributed by atoms with Gasteiger partial charge in [-0.2, -0.15) is 8.42 Å². The highest BCUT2D eigenvalue weighted by Crippen LogP contribution is 2.14. The third-order valence-electron chi connectivity index (χ3n) is 1.65. The zero-order chi connectivity index (χ0) is 9.61. The third kappa shape index (κ3) is 12.5. The van der Waals surface area contributed by atoms with E-state index in [1.165, 1.54) is 32.1 Å². The Morgan fingerprint density at radius 3 is 1.75 bits per heavy atom. The van der Waals surface area contributed by atoms with Crippen LogP contribution in [0, 0.1) is 0 Å². The van der Waals surface area contributed by atoms with Crippen molar-refractivity contribution in [1.82, 2.24) is 0 Å². The van der Waals surface area contributed by atoms with Crippen LogP contribution in [-0.2, 0) is 10.1 Å². The lowest BCUT2D eigenvalue weighted by Crippen LogP contribution is -2.22. The maximum atomic E-state index is 9.19. The first-order valence-electron chi connectivity index (χ1n) is 4.07. The second-order valence-electron chi connectivity index (χ2n) is 3.13. The lowest BCUT2D eigenvalue weighted by atomic mass is 9.97. The molecule has 0 spiro atoms. The first-order valence-corrected chi connectivity index (χ1v) is 5.92. The van der Waals surface area contributed by atoms with Crippen LogP contribution in [-0.4, -0.2) is 25.3 Å². The summed E-state index contributed by atoms with van der Waals surface area (Å²) >= 11 is 0. The Hall–Kier alpha value is -0.130. The van der Waals surface area contributed by atoms with Gasteiger partial charge in [0.05, 0.1) is 6.26 Å². The van der Waals surface area contributed by atoms with Gasteiger partial charge in [0.25, 0.3) is 10.1 Å². The Morgan fingerprint density at radius 2 is 1.58 bits per heavy atom. The van der Waals surface area contributed by atoms with E-state index in [0.29, 0.717) is 12.3 Å². The van der Waals surface area contributed by atoms with Gasteiger partial charge in [0.2, 0.25) is 0 Å². The highest BCUT2D eigenvalue weighted by molar-refractivity contribution is 7.85. The van der Waals surface area contributed by atoms with Crippen LogP contribution in [0.1, 0.15) is 32.1 Å². The SMILES string of the molecule is CS(=O)(=O)O.NC1CCCCC1. The van der Waals surface area contributed by atoms with Crippen LogP contribution < -0.4 is 5.73 Å². The van der Waals surface area contributed by atoms with E-state index in [4.69, 9.17) is 10.3 Å². The van der Waals surface area contributed by atoms with Crippen molar-refractivity contribution in [2.75, 3.05) is 6.26 Å². The molecule has 12 heavy (non-hydrogen) atoms. The van der Waals surface area contributed by atoms with E-state index in [2.05, 4.69) is 0 Å². The van der Waals surface area contributed by atoms with Gasteiger partial charge < -0.3 is 5.73 Å². The normalized spacial score (nSPS) is 19.6. The Kier molecular flexibility index (Phi) is 5.44. The van der Waals surface area contributed by atoms with Crippen molar-refractivity contribution in [1.29, 1.82) is 0 Å². The van der Waals surface area contributed by atoms with Gasteiger partial charge in [-0.1, -0.05) is 19.3 Å². The van der Waals surface area contributed by atoms with Crippen LogP contribution >= 0.6 is 0 Å². The van der Waals surface area contributed by atoms with Crippen LogP contribution in [0.5, 0.6) is 0 Å². The molecule has 74 valence electrons. The molecule has 3 N–H and O–H groups in total. The maximum absolute atomic E-state index is 9.19. The van der Waals surface area contributed by atoms with Gasteiger partial charge in [-0.3, -0.25) is 4.55 Å². The molecule has 5 heteroatoms. The fourth-order valence-electron chi connectivity index (χ4n) is 1.13. The molecule has 0 unspecified atom stereocenters. The summed E-state index contributed by atoms with van der Waals surface area (Å²) in [5, 5.41) is 0. The molecule has 0 radical (unpaired) electrons. The Balaban J connectivity index is 0.000000217. The van der Waals surface area contributed by atoms with Crippen LogP contribution in [0.4, 0.5) is 0 Å². The molecule has 0 aromatic heterocycles. The van der Waals surface area contributed by atoms with E-state index in [1.807, 2.05) is 0 Å². The monoisotopic (exact) mass is 195 g/mol. The van der Waals surface area contributed by atoms with Crippen LogP contribution in [0.15, 0.2) is 0 Å². The van der Waals surface area contributed by atoms with Crippen molar-refractivity contribution in [3.8, 4) is 0 Å². The van der Waals surface area contributed by atoms with E-state index in [1.54, 1.807) is 0 Å². The molecule has 4 nitrogen and oxygen atoms in total. The van der Waals surface area contributed by atoms with Gasteiger partial charge >= 0.3 is 0 Å². The van der Waals surface area contributed by atoms with Gasteiger partial charge in [0.1, 0.15) is 0 Å². The molecule has 0 amide bonds. The van der Waals surface area contributed by atoms with Crippen LogP contribution in [0.2, 0.25) is 0 Å². The first-order chi connectivity index (χ1) is 5.39. The van der Waals surface area contributed by atoms with E-state index < -0.39 is 10.1 Å². The molecule has 0 atom stereocenters. The highest BCUT2D eigenvalue weighted by Gasteiger charge is 2.06. The number of nitrogens with two attached hydrogens (primary N) is 1. The van der Waals surface area contributed by atoms with Crippen molar-refractivity contribution in [2.45, 2.75) is 38.1 Å². The zero-order valence-corrected chi connectivity index (χ0v) is 8.18. The number of rotatable bonds is 0. The van der Waals surface area contributed by atoms with Gasteiger partial charge in [-0.15, -0.1) is 0 Å². The smallest absolute Gasteiger partial charge is 0.261 e. The summed E-state index contributed by atoms with van der Waals surface area (Å²) in [6.45, 7) is 0. The van der Waals surface area contributed by atoms with Gasteiger partial charge in [0, 0.05) is 6.04 Å². The molecule has 1 rings (SSSR count). The standard InChI is InChI=1S/C6H13N.CH4O3S/c7-6-4-2-1-3-5-6;1-5(2,3)4/h6H,1-5,7H2;1H3,(H,2,3,4). The first kappa shape index (κ1) is 11.9. The third-order valence-corrected chi connectivity index (χ3v) is 1.65. The molecule has 0 aliphatic heterocycles. The van der Waals surface area contributed by atoms with Crippen molar-refractivity contribution in [3.63, 3.8) is 0 Å². The Labute approximate surface area is 73.9 Å². The predicted molar refractivity (Wildman–Crippen MR) is 48.5 cm³/mol. The summed E-state index contributed by atoms with van der Waals surface area (Å²) in [6, 6.07) is 0.536. The zero-order valence-electron chi connectivity index (χ0n) is 7.36. The summed E-state index contributed by atoms with van der Waals surface area (Å²) < 4.78 is 25.9. The fourth-order valence-corrected chi connectivity index (χ4v) is 1.13. The second-order valence-corrected chi connectivity index (χ2v) is 4.60. The fraction of sp³-hybridized carbons (Fsp3) is 1.00. The quantitative estimate of drug-likeness (QED) is 0.560.